The molecule has 0 unspecified atom stereocenters. The van der Waals surface area contributed by atoms with Crippen LogP contribution in [0, 0.1) is 11.7 Å². The summed E-state index contributed by atoms with van der Waals surface area (Å²) in [6.07, 6.45) is 2.90. The maximum atomic E-state index is 11.9. The summed E-state index contributed by atoms with van der Waals surface area (Å²) in [5.41, 5.74) is 1.27. The Morgan fingerprint density at radius 3 is 2.91 bits per heavy atom. The maximum absolute atomic E-state index is 11.9. The van der Waals surface area contributed by atoms with Gasteiger partial charge in [-0.15, -0.1) is 6.58 Å². The number of rotatable bonds is 4. The molecule has 7 heteroatoms. The molecule has 0 bridgehead atoms. The van der Waals surface area contributed by atoms with Crippen molar-refractivity contribution < 1.29 is 5.11 Å². The highest BCUT2D eigenvalue weighted by atomic mass is 79.9. The number of hydrogen-bond acceptors (Lipinski definition) is 4. The molecule has 0 aliphatic heterocycles. The lowest BCUT2D eigenvalue weighted by molar-refractivity contribution is 0.413. The third-order valence-corrected chi connectivity index (χ3v) is 4.21. The molecule has 0 spiro atoms. The van der Waals surface area contributed by atoms with Crippen LogP contribution in [0.5, 0.6) is 5.88 Å². The predicted octanol–water partition coefficient (Wildman–Crippen LogP) is 3.62. The van der Waals surface area contributed by atoms with Gasteiger partial charge in [-0.05, 0) is 42.9 Å². The van der Waals surface area contributed by atoms with Crippen molar-refractivity contribution >= 4 is 40.0 Å². The molecule has 0 amide bonds. The van der Waals surface area contributed by atoms with Gasteiger partial charge in [-0.2, -0.15) is 0 Å². The van der Waals surface area contributed by atoms with Crippen LogP contribution in [-0.4, -0.2) is 20.9 Å². The number of aromatic nitrogens is 2. The first-order valence-electron chi connectivity index (χ1n) is 6.41. The van der Waals surface area contributed by atoms with Crippen molar-refractivity contribution in [3.63, 3.8) is 0 Å². The molecule has 5 nitrogen and oxygen atoms in total. The second kappa shape index (κ2) is 6.85. The van der Waals surface area contributed by atoms with Gasteiger partial charge < -0.3 is 5.11 Å². The number of halogens is 1. The van der Waals surface area contributed by atoms with E-state index in [-0.39, 0.29) is 16.2 Å². The van der Waals surface area contributed by atoms with Crippen LogP contribution in [-0.2, 0) is 6.54 Å². The van der Waals surface area contributed by atoms with Crippen LogP contribution in [0.15, 0.2) is 45.1 Å². The van der Waals surface area contributed by atoms with Crippen LogP contribution in [0.25, 0.3) is 0 Å². The van der Waals surface area contributed by atoms with Gasteiger partial charge in [0.15, 0.2) is 4.77 Å². The zero-order valence-electron chi connectivity index (χ0n) is 11.8. The number of aliphatic imine (C=N–C) groups is 1. The molecular formula is C15H14BrN3O2S. The Bertz CT molecular complexity index is 868. The summed E-state index contributed by atoms with van der Waals surface area (Å²) in [7, 11) is 0. The van der Waals surface area contributed by atoms with E-state index in [1.807, 2.05) is 19.1 Å². The van der Waals surface area contributed by atoms with Gasteiger partial charge in [-0.25, -0.2) is 0 Å². The van der Waals surface area contributed by atoms with Gasteiger partial charge >= 0.3 is 0 Å². The standard InChI is InChI=1S/C15H14BrN3O2S/c1-3-6-19-14(21)11(13(20)18-15(19)22)8-17-10-4-5-12(16)9(2)7-10/h3-5,7-8,21H,1,6H2,2H3,(H,18,20,22). The summed E-state index contributed by atoms with van der Waals surface area (Å²) >= 11 is 8.42. The van der Waals surface area contributed by atoms with Crippen molar-refractivity contribution in [1.29, 1.82) is 0 Å². The smallest absolute Gasteiger partial charge is 0.264 e. The normalized spacial score (nSPS) is 11.0. The zero-order valence-corrected chi connectivity index (χ0v) is 14.2. The molecule has 0 aliphatic rings. The Morgan fingerprint density at radius 2 is 2.27 bits per heavy atom. The second-order valence-corrected chi connectivity index (χ2v) is 5.83. The van der Waals surface area contributed by atoms with Crippen LogP contribution in [0.2, 0.25) is 0 Å². The van der Waals surface area contributed by atoms with Crippen molar-refractivity contribution in [1.82, 2.24) is 9.55 Å². The highest BCUT2D eigenvalue weighted by Crippen LogP contribution is 2.22. The van der Waals surface area contributed by atoms with Crippen LogP contribution < -0.4 is 5.56 Å². The van der Waals surface area contributed by atoms with E-state index < -0.39 is 5.56 Å². The van der Waals surface area contributed by atoms with Crippen LogP contribution in [0.1, 0.15) is 11.1 Å². The van der Waals surface area contributed by atoms with Gasteiger partial charge in [0.05, 0.1) is 5.69 Å². The monoisotopic (exact) mass is 379 g/mol. The zero-order chi connectivity index (χ0) is 16.3. The molecule has 2 aromatic rings. The SMILES string of the molecule is C=CCn1c(O)c(C=Nc2ccc(Br)c(C)c2)c(=O)[nH]c1=S. The van der Waals surface area contributed by atoms with Crippen molar-refractivity contribution in [2.24, 2.45) is 4.99 Å². The predicted molar refractivity (Wildman–Crippen MR) is 93.9 cm³/mol. The minimum atomic E-state index is -0.486. The van der Waals surface area contributed by atoms with E-state index in [1.165, 1.54) is 10.8 Å². The molecule has 1 heterocycles. The fourth-order valence-corrected chi connectivity index (χ4v) is 2.34. The number of hydrogen-bond donors (Lipinski definition) is 2. The number of aromatic amines is 1. The summed E-state index contributed by atoms with van der Waals surface area (Å²) in [5.74, 6) is -0.230. The summed E-state index contributed by atoms with van der Waals surface area (Å²) in [6.45, 7) is 5.83. The number of aryl methyl sites for hydroxylation is 1. The molecule has 0 saturated heterocycles. The van der Waals surface area contributed by atoms with Gasteiger partial charge in [-0.3, -0.25) is 19.3 Å². The number of nitrogens with zero attached hydrogens (tertiary/aromatic N) is 2. The summed E-state index contributed by atoms with van der Waals surface area (Å²) in [6, 6.07) is 5.54. The van der Waals surface area contributed by atoms with Crippen molar-refractivity contribution in [3.8, 4) is 5.88 Å². The number of H-pyrrole nitrogens is 1. The molecule has 0 saturated carbocycles. The first kappa shape index (κ1) is 16.4. The second-order valence-electron chi connectivity index (χ2n) is 4.59. The minimum absolute atomic E-state index is 0.0519. The van der Waals surface area contributed by atoms with Gasteiger partial charge in [-0.1, -0.05) is 22.0 Å². The molecule has 0 atom stereocenters. The Kier molecular flexibility index (Phi) is 5.10. The minimum Gasteiger partial charge on any atom is -0.494 e. The lowest BCUT2D eigenvalue weighted by atomic mass is 10.2. The molecule has 1 aromatic heterocycles. The fourth-order valence-electron chi connectivity index (χ4n) is 1.84. The van der Waals surface area contributed by atoms with Gasteiger partial charge in [0.2, 0.25) is 5.88 Å². The lowest BCUT2D eigenvalue weighted by Gasteiger charge is -2.08. The largest absolute Gasteiger partial charge is 0.494 e. The Morgan fingerprint density at radius 1 is 1.55 bits per heavy atom. The number of nitrogens with one attached hydrogen (secondary N) is 1. The third kappa shape index (κ3) is 3.42. The van der Waals surface area contributed by atoms with Gasteiger partial charge in [0.1, 0.15) is 5.56 Å². The first-order chi connectivity index (χ1) is 10.4. The Labute approximate surface area is 140 Å². The summed E-state index contributed by atoms with van der Waals surface area (Å²) in [4.78, 5) is 18.7. The molecule has 0 fully saturated rings. The van der Waals surface area contributed by atoms with E-state index in [0.29, 0.717) is 12.2 Å². The average Bonchev–Trinajstić information content (AvgIpc) is 2.46. The van der Waals surface area contributed by atoms with Crippen molar-refractivity contribution in [3.05, 3.63) is 61.6 Å². The van der Waals surface area contributed by atoms with Crippen LogP contribution in [0.4, 0.5) is 5.69 Å². The van der Waals surface area contributed by atoms with Crippen molar-refractivity contribution in [2.75, 3.05) is 0 Å². The van der Waals surface area contributed by atoms with E-state index >= 15 is 0 Å². The molecule has 2 rings (SSSR count). The van der Waals surface area contributed by atoms with Crippen LogP contribution in [0.3, 0.4) is 0 Å². The number of allylic oxidation sites excluding steroid dienone is 1. The van der Waals surface area contributed by atoms with Crippen LogP contribution >= 0.6 is 28.1 Å². The topological polar surface area (TPSA) is 70.4 Å². The highest BCUT2D eigenvalue weighted by molar-refractivity contribution is 9.10. The summed E-state index contributed by atoms with van der Waals surface area (Å²) < 4.78 is 2.49. The fraction of sp³-hybridized carbons (Fsp3) is 0.133. The van der Waals surface area contributed by atoms with Gasteiger partial charge in [0, 0.05) is 17.2 Å². The van der Waals surface area contributed by atoms with E-state index in [4.69, 9.17) is 12.2 Å². The summed E-state index contributed by atoms with van der Waals surface area (Å²) in [5, 5.41) is 10.2. The molecule has 0 aliphatic carbocycles. The van der Waals surface area contributed by atoms with E-state index in [9.17, 15) is 9.90 Å². The van der Waals surface area contributed by atoms with E-state index in [1.54, 1.807) is 12.1 Å². The van der Waals surface area contributed by atoms with Gasteiger partial charge in [0.25, 0.3) is 5.56 Å². The van der Waals surface area contributed by atoms with E-state index in [2.05, 4.69) is 32.5 Å². The third-order valence-electron chi connectivity index (χ3n) is 3.00. The first-order valence-corrected chi connectivity index (χ1v) is 7.61. The number of benzene rings is 1. The molecule has 22 heavy (non-hydrogen) atoms. The molecular weight excluding hydrogens is 366 g/mol. The quantitative estimate of drug-likeness (QED) is 0.484. The molecule has 2 N–H and O–H groups in total. The van der Waals surface area contributed by atoms with Crippen molar-refractivity contribution in [2.45, 2.75) is 13.5 Å². The Balaban J connectivity index is 2.48. The average molecular weight is 380 g/mol. The molecule has 114 valence electrons. The molecule has 0 radical (unpaired) electrons. The maximum Gasteiger partial charge on any atom is 0.264 e. The molecule has 1 aromatic carbocycles. The van der Waals surface area contributed by atoms with E-state index in [0.717, 1.165) is 10.0 Å². The number of aromatic hydroxyl groups is 1. The Hall–Kier alpha value is -1.99. The lowest BCUT2D eigenvalue weighted by Crippen LogP contribution is -2.18. The highest BCUT2D eigenvalue weighted by Gasteiger charge is 2.09.